The van der Waals surface area contributed by atoms with Crippen molar-refractivity contribution >= 4 is 5.71 Å². The van der Waals surface area contributed by atoms with E-state index in [1.165, 1.54) is 12.2 Å². The van der Waals surface area contributed by atoms with Gasteiger partial charge in [-0.05, 0) is 31.4 Å². The molecule has 0 saturated heterocycles. The Balaban J connectivity index is 4.84. The molecule has 0 aromatic rings. The molecule has 2 nitrogen and oxygen atoms in total. The quantitative estimate of drug-likeness (QED) is 0.280. The van der Waals surface area contributed by atoms with Crippen molar-refractivity contribution in [2.24, 2.45) is 11.1 Å². The fourth-order valence-corrected chi connectivity index (χ4v) is 1.88. The number of hydrogen-bond donors (Lipinski definition) is 1. The van der Waals surface area contributed by atoms with Crippen LogP contribution in [0.1, 0.15) is 46.5 Å². The van der Waals surface area contributed by atoms with Gasteiger partial charge < -0.3 is 5.21 Å². The van der Waals surface area contributed by atoms with Crippen molar-refractivity contribution in [1.82, 2.24) is 0 Å². The first-order valence-electron chi connectivity index (χ1n) is 6.51. The summed E-state index contributed by atoms with van der Waals surface area (Å²) in [6.45, 7) is 9.66. The Bertz CT molecular complexity index is 336. The highest BCUT2D eigenvalue weighted by Crippen LogP contribution is 2.20. The second-order valence-electron chi connectivity index (χ2n) is 4.29. The Kier molecular flexibility index (Phi) is 8.89. The van der Waals surface area contributed by atoms with Crippen LogP contribution in [0.15, 0.2) is 41.4 Å². The van der Waals surface area contributed by atoms with Crippen LogP contribution in [0.5, 0.6) is 0 Å². The highest BCUT2D eigenvalue weighted by Gasteiger charge is 2.16. The first-order chi connectivity index (χ1) is 8.60. The van der Waals surface area contributed by atoms with Crippen LogP contribution in [0.25, 0.3) is 0 Å². The number of halogens is 1. The van der Waals surface area contributed by atoms with Gasteiger partial charge in [-0.25, -0.2) is 4.39 Å². The van der Waals surface area contributed by atoms with Crippen molar-refractivity contribution in [3.8, 4) is 0 Å². The van der Waals surface area contributed by atoms with Crippen LogP contribution in [0, 0.1) is 5.92 Å². The first-order valence-corrected chi connectivity index (χ1v) is 6.51. The third kappa shape index (κ3) is 5.80. The summed E-state index contributed by atoms with van der Waals surface area (Å²) in [5.41, 5.74) is 1.14. The molecule has 0 radical (unpaired) electrons. The molecule has 0 atom stereocenters. The molecule has 0 unspecified atom stereocenters. The monoisotopic (exact) mass is 253 g/mol. The number of nitrogens with zero attached hydrogens (tertiary/aromatic N) is 1. The molecule has 102 valence electrons. The zero-order valence-electron chi connectivity index (χ0n) is 11.6. The van der Waals surface area contributed by atoms with Crippen LogP contribution < -0.4 is 0 Å². The Labute approximate surface area is 110 Å². The largest absolute Gasteiger partial charge is 0.411 e. The summed E-state index contributed by atoms with van der Waals surface area (Å²) in [6, 6.07) is 0. The Morgan fingerprint density at radius 1 is 1.28 bits per heavy atom. The second-order valence-corrected chi connectivity index (χ2v) is 4.29. The molecule has 0 aliphatic heterocycles. The molecule has 3 heteroatoms. The summed E-state index contributed by atoms with van der Waals surface area (Å²) in [4.78, 5) is 0. The minimum absolute atomic E-state index is 0.191. The van der Waals surface area contributed by atoms with E-state index in [-0.39, 0.29) is 11.7 Å². The summed E-state index contributed by atoms with van der Waals surface area (Å²) in [6.07, 6.45) is 8.20. The Morgan fingerprint density at radius 3 is 2.22 bits per heavy atom. The van der Waals surface area contributed by atoms with Crippen LogP contribution in [0.2, 0.25) is 0 Å². The summed E-state index contributed by atoms with van der Waals surface area (Å²) < 4.78 is 13.0. The lowest BCUT2D eigenvalue weighted by molar-refractivity contribution is 0.313. The predicted molar refractivity (Wildman–Crippen MR) is 75.7 cm³/mol. The molecule has 0 spiro atoms. The van der Waals surface area contributed by atoms with E-state index >= 15 is 0 Å². The highest BCUT2D eigenvalue weighted by atomic mass is 19.1. The minimum Gasteiger partial charge on any atom is -0.411 e. The van der Waals surface area contributed by atoms with Crippen molar-refractivity contribution in [1.29, 1.82) is 0 Å². The molecule has 0 amide bonds. The van der Waals surface area contributed by atoms with E-state index in [1.807, 2.05) is 0 Å². The van der Waals surface area contributed by atoms with Gasteiger partial charge in [0, 0.05) is 5.92 Å². The van der Waals surface area contributed by atoms with Crippen molar-refractivity contribution in [3.63, 3.8) is 0 Å². The van der Waals surface area contributed by atoms with Crippen LogP contribution in [-0.4, -0.2) is 10.9 Å². The van der Waals surface area contributed by atoms with Gasteiger partial charge in [-0.2, -0.15) is 0 Å². The topological polar surface area (TPSA) is 32.6 Å². The fraction of sp³-hybridized carbons (Fsp3) is 0.533. The van der Waals surface area contributed by atoms with E-state index < -0.39 is 0 Å². The van der Waals surface area contributed by atoms with E-state index in [0.29, 0.717) is 11.3 Å². The molecular weight excluding hydrogens is 229 g/mol. The van der Waals surface area contributed by atoms with E-state index in [9.17, 15) is 4.39 Å². The lowest BCUT2D eigenvalue weighted by Gasteiger charge is -2.16. The highest BCUT2D eigenvalue weighted by molar-refractivity contribution is 6.03. The molecule has 1 N–H and O–H groups in total. The maximum atomic E-state index is 13.0. The fourth-order valence-electron chi connectivity index (χ4n) is 1.88. The van der Waals surface area contributed by atoms with Crippen molar-refractivity contribution < 1.29 is 9.60 Å². The minimum atomic E-state index is -0.323. The average molecular weight is 253 g/mol. The van der Waals surface area contributed by atoms with Crippen molar-refractivity contribution in [2.45, 2.75) is 46.5 Å². The van der Waals surface area contributed by atoms with Gasteiger partial charge in [-0.1, -0.05) is 50.6 Å². The third-order valence-corrected chi connectivity index (χ3v) is 2.82. The Hall–Kier alpha value is -1.38. The summed E-state index contributed by atoms with van der Waals surface area (Å²) in [5.74, 6) is -0.133. The Morgan fingerprint density at radius 2 is 1.83 bits per heavy atom. The van der Waals surface area contributed by atoms with E-state index in [4.69, 9.17) is 5.21 Å². The molecule has 0 aliphatic carbocycles. The van der Waals surface area contributed by atoms with Gasteiger partial charge in [0.15, 0.2) is 0 Å². The van der Waals surface area contributed by atoms with Gasteiger partial charge in [0.25, 0.3) is 0 Å². The normalized spacial score (nSPS) is 13.6. The summed E-state index contributed by atoms with van der Waals surface area (Å²) in [5, 5.41) is 12.5. The van der Waals surface area contributed by atoms with Crippen LogP contribution in [0.4, 0.5) is 4.39 Å². The van der Waals surface area contributed by atoms with Gasteiger partial charge >= 0.3 is 0 Å². The molecule has 0 fully saturated rings. The van der Waals surface area contributed by atoms with Crippen molar-refractivity contribution in [3.05, 3.63) is 36.2 Å². The van der Waals surface area contributed by atoms with Gasteiger partial charge in [0.2, 0.25) is 0 Å². The van der Waals surface area contributed by atoms with E-state index in [0.717, 1.165) is 25.7 Å². The summed E-state index contributed by atoms with van der Waals surface area (Å²) >= 11 is 0. The zero-order chi connectivity index (χ0) is 14.0. The smallest absolute Gasteiger partial charge is 0.118 e. The average Bonchev–Trinajstić information content (AvgIpc) is 2.37. The molecule has 0 rings (SSSR count). The molecule has 18 heavy (non-hydrogen) atoms. The lowest BCUT2D eigenvalue weighted by atomic mass is 9.89. The third-order valence-electron chi connectivity index (χ3n) is 2.82. The molecule has 0 heterocycles. The SMILES string of the molecule is C=C(/C=C\C(F)=C/C)/C(=N\O)C(CCC)CCC. The van der Waals surface area contributed by atoms with E-state index in [1.54, 1.807) is 13.0 Å². The molecule has 0 aromatic heterocycles. The van der Waals surface area contributed by atoms with Gasteiger partial charge in [-0.3, -0.25) is 0 Å². The number of allylic oxidation sites excluding steroid dienone is 5. The second kappa shape index (κ2) is 9.63. The van der Waals surface area contributed by atoms with Gasteiger partial charge in [0.1, 0.15) is 5.83 Å². The van der Waals surface area contributed by atoms with E-state index in [2.05, 4.69) is 25.6 Å². The summed E-state index contributed by atoms with van der Waals surface area (Å²) in [7, 11) is 0. The number of rotatable bonds is 8. The van der Waals surface area contributed by atoms with Crippen LogP contribution >= 0.6 is 0 Å². The molecule has 0 aromatic carbocycles. The molecule has 0 aliphatic rings. The molecular formula is C15H24FNO. The number of hydrogen-bond acceptors (Lipinski definition) is 2. The van der Waals surface area contributed by atoms with Gasteiger partial charge in [0.05, 0.1) is 5.71 Å². The molecule has 0 saturated carbocycles. The maximum absolute atomic E-state index is 13.0. The maximum Gasteiger partial charge on any atom is 0.118 e. The molecule has 0 bridgehead atoms. The zero-order valence-corrected chi connectivity index (χ0v) is 11.6. The van der Waals surface area contributed by atoms with Crippen LogP contribution in [0.3, 0.4) is 0 Å². The van der Waals surface area contributed by atoms with Gasteiger partial charge in [-0.15, -0.1) is 0 Å². The predicted octanol–water partition coefficient (Wildman–Crippen LogP) is 5.02. The lowest BCUT2D eigenvalue weighted by Crippen LogP contribution is -2.16. The van der Waals surface area contributed by atoms with Crippen molar-refractivity contribution in [2.75, 3.05) is 0 Å². The number of oxime groups is 1. The first kappa shape index (κ1) is 16.6. The standard InChI is InChI=1S/C15H24FNO/c1-5-8-13(9-6-2)15(17-18)12(4)10-11-14(16)7-3/h7,10-11,13,18H,4-6,8-9H2,1-3H3/b11-10-,14-7+,17-15+. The van der Waals surface area contributed by atoms with Crippen LogP contribution in [-0.2, 0) is 0 Å².